The molecule has 0 aliphatic heterocycles. The largest absolute Gasteiger partial charge is 0.346 e. The SMILES string of the molecule is CC.CC.Cc1ncc(-c2ccc(C3CCC(c4cnc(C)[nH]4)CC3)cc2)[nH]1. The summed E-state index contributed by atoms with van der Waals surface area (Å²) in [6.45, 7) is 12.0. The van der Waals surface area contributed by atoms with Crippen molar-refractivity contribution < 1.29 is 0 Å². The maximum Gasteiger partial charge on any atom is 0.103 e. The molecule has 2 heterocycles. The first-order chi connectivity index (χ1) is 13.7. The van der Waals surface area contributed by atoms with Crippen molar-refractivity contribution in [2.45, 2.75) is 79.1 Å². The van der Waals surface area contributed by atoms with Crippen LogP contribution in [0.5, 0.6) is 0 Å². The van der Waals surface area contributed by atoms with Gasteiger partial charge in [-0.2, -0.15) is 0 Å². The van der Waals surface area contributed by atoms with Gasteiger partial charge in [-0.05, 0) is 56.6 Å². The van der Waals surface area contributed by atoms with Gasteiger partial charge in [0.15, 0.2) is 0 Å². The third-order valence-corrected chi connectivity index (χ3v) is 5.29. The molecule has 3 aromatic rings. The first kappa shape index (κ1) is 21.9. The van der Waals surface area contributed by atoms with Gasteiger partial charge in [0.1, 0.15) is 11.6 Å². The Morgan fingerprint density at radius 3 is 1.75 bits per heavy atom. The van der Waals surface area contributed by atoms with Gasteiger partial charge in [-0.3, -0.25) is 0 Å². The van der Waals surface area contributed by atoms with Crippen LogP contribution in [0.25, 0.3) is 11.3 Å². The number of rotatable bonds is 3. The summed E-state index contributed by atoms with van der Waals surface area (Å²) < 4.78 is 0. The third kappa shape index (κ3) is 5.34. The molecule has 4 rings (SSSR count). The van der Waals surface area contributed by atoms with Crippen molar-refractivity contribution in [1.82, 2.24) is 19.9 Å². The average Bonchev–Trinajstić information content (AvgIpc) is 3.40. The molecule has 4 nitrogen and oxygen atoms in total. The Kier molecular flexibility index (Phi) is 8.49. The number of nitrogens with one attached hydrogen (secondary N) is 2. The van der Waals surface area contributed by atoms with Crippen LogP contribution in [0.3, 0.4) is 0 Å². The van der Waals surface area contributed by atoms with E-state index in [4.69, 9.17) is 0 Å². The highest BCUT2D eigenvalue weighted by Gasteiger charge is 2.24. The Hall–Kier alpha value is -2.36. The van der Waals surface area contributed by atoms with Crippen LogP contribution in [0.15, 0.2) is 36.7 Å². The molecule has 1 aromatic carbocycles. The summed E-state index contributed by atoms with van der Waals surface area (Å²) in [5, 5.41) is 0. The van der Waals surface area contributed by atoms with Crippen molar-refractivity contribution in [3.63, 3.8) is 0 Å². The molecule has 2 aromatic heterocycles. The number of hydrogen-bond acceptors (Lipinski definition) is 2. The van der Waals surface area contributed by atoms with Gasteiger partial charge >= 0.3 is 0 Å². The molecule has 1 aliphatic rings. The van der Waals surface area contributed by atoms with Gasteiger partial charge in [-0.25, -0.2) is 9.97 Å². The Bertz CT molecular complexity index is 805. The minimum atomic E-state index is 0.648. The lowest BCUT2D eigenvalue weighted by molar-refractivity contribution is 0.392. The number of nitrogens with zero attached hydrogens (tertiary/aromatic N) is 2. The van der Waals surface area contributed by atoms with Crippen LogP contribution in [-0.2, 0) is 0 Å². The van der Waals surface area contributed by atoms with Gasteiger partial charge in [0.2, 0.25) is 0 Å². The van der Waals surface area contributed by atoms with Crippen molar-refractivity contribution >= 4 is 0 Å². The third-order valence-electron chi connectivity index (χ3n) is 5.29. The van der Waals surface area contributed by atoms with Gasteiger partial charge < -0.3 is 9.97 Å². The van der Waals surface area contributed by atoms with Crippen LogP contribution >= 0.6 is 0 Å². The first-order valence-electron chi connectivity index (χ1n) is 10.8. The number of imidazole rings is 2. The fraction of sp³-hybridized carbons (Fsp3) is 0.500. The molecular weight excluding hydrogens is 344 g/mol. The normalized spacial score (nSPS) is 18.5. The van der Waals surface area contributed by atoms with E-state index in [9.17, 15) is 0 Å². The lowest BCUT2D eigenvalue weighted by atomic mass is 9.77. The van der Waals surface area contributed by atoms with Crippen LogP contribution in [0.1, 0.15) is 88.1 Å². The van der Waals surface area contributed by atoms with E-state index in [0.29, 0.717) is 11.8 Å². The van der Waals surface area contributed by atoms with Gasteiger partial charge in [0.05, 0.1) is 11.9 Å². The number of H-pyrrole nitrogens is 2. The number of benzene rings is 1. The van der Waals surface area contributed by atoms with E-state index < -0.39 is 0 Å². The summed E-state index contributed by atoms with van der Waals surface area (Å²) in [6, 6.07) is 9.01. The molecule has 2 N–H and O–H groups in total. The number of aromatic amines is 2. The zero-order chi connectivity index (χ0) is 20.5. The van der Waals surface area contributed by atoms with E-state index in [2.05, 4.69) is 44.2 Å². The van der Waals surface area contributed by atoms with Gasteiger partial charge in [0, 0.05) is 17.8 Å². The Balaban J connectivity index is 0.000000660. The van der Waals surface area contributed by atoms with E-state index in [-0.39, 0.29) is 0 Å². The Morgan fingerprint density at radius 1 is 0.714 bits per heavy atom. The topological polar surface area (TPSA) is 57.4 Å². The number of aromatic nitrogens is 4. The molecule has 152 valence electrons. The second-order valence-electron chi connectivity index (χ2n) is 6.98. The zero-order valence-electron chi connectivity index (χ0n) is 18.3. The van der Waals surface area contributed by atoms with E-state index in [1.807, 2.05) is 53.9 Å². The molecule has 0 bridgehead atoms. The quantitative estimate of drug-likeness (QED) is 0.518. The van der Waals surface area contributed by atoms with Crippen molar-refractivity contribution in [3.05, 3.63) is 59.6 Å². The predicted octanol–water partition coefficient (Wildman–Crippen LogP) is 6.91. The van der Waals surface area contributed by atoms with Crippen molar-refractivity contribution in [3.8, 4) is 11.3 Å². The van der Waals surface area contributed by atoms with Crippen molar-refractivity contribution in [2.24, 2.45) is 0 Å². The maximum absolute atomic E-state index is 4.35. The molecule has 1 fully saturated rings. The van der Waals surface area contributed by atoms with Gasteiger partial charge in [-0.1, -0.05) is 52.0 Å². The van der Waals surface area contributed by atoms with E-state index in [0.717, 1.165) is 17.3 Å². The lowest BCUT2D eigenvalue weighted by Crippen LogP contribution is -2.12. The first-order valence-corrected chi connectivity index (χ1v) is 10.8. The molecule has 0 radical (unpaired) electrons. The second-order valence-corrected chi connectivity index (χ2v) is 6.98. The second kappa shape index (κ2) is 10.8. The minimum Gasteiger partial charge on any atom is -0.346 e. The lowest BCUT2D eigenvalue weighted by Gasteiger charge is -2.28. The Labute approximate surface area is 170 Å². The molecule has 1 aliphatic carbocycles. The highest BCUT2D eigenvalue weighted by atomic mass is 14.9. The molecule has 1 saturated carbocycles. The monoisotopic (exact) mass is 380 g/mol. The van der Waals surface area contributed by atoms with Crippen LogP contribution < -0.4 is 0 Å². The van der Waals surface area contributed by atoms with Gasteiger partial charge in [-0.15, -0.1) is 0 Å². The van der Waals surface area contributed by atoms with E-state index in [1.165, 1.54) is 42.5 Å². The number of hydrogen-bond donors (Lipinski definition) is 2. The van der Waals surface area contributed by atoms with E-state index >= 15 is 0 Å². The average molecular weight is 381 g/mol. The summed E-state index contributed by atoms with van der Waals surface area (Å²) in [5.74, 6) is 3.32. The smallest absolute Gasteiger partial charge is 0.103 e. The summed E-state index contributed by atoms with van der Waals surface area (Å²) in [6.07, 6.45) is 8.92. The molecule has 28 heavy (non-hydrogen) atoms. The predicted molar refractivity (Wildman–Crippen MR) is 119 cm³/mol. The molecule has 0 atom stereocenters. The van der Waals surface area contributed by atoms with Crippen LogP contribution in [0.4, 0.5) is 0 Å². The summed E-state index contributed by atoms with van der Waals surface area (Å²) >= 11 is 0. The fourth-order valence-corrected chi connectivity index (χ4v) is 3.89. The molecule has 4 heteroatoms. The minimum absolute atomic E-state index is 0.648. The standard InChI is InChI=1S/C20H24N4.2C2H6/c1-13-21-11-19(23-13)17-7-3-15(4-8-17)16-5-9-18(10-6-16)20-12-22-14(2)24-20;2*1-2/h3-4,7-8,11-12,16,18H,5-6,9-10H2,1-2H3,(H,21,23)(H,22,24);2*1-2H3. The highest BCUT2D eigenvalue weighted by molar-refractivity contribution is 5.59. The Morgan fingerprint density at radius 2 is 1.25 bits per heavy atom. The number of aryl methyl sites for hydroxylation is 2. The van der Waals surface area contributed by atoms with Crippen LogP contribution in [0.2, 0.25) is 0 Å². The van der Waals surface area contributed by atoms with Crippen LogP contribution in [-0.4, -0.2) is 19.9 Å². The molecular formula is C24H36N4. The summed E-state index contributed by atoms with van der Waals surface area (Å²) in [7, 11) is 0. The van der Waals surface area contributed by atoms with Gasteiger partial charge in [0.25, 0.3) is 0 Å². The van der Waals surface area contributed by atoms with Crippen LogP contribution in [0, 0.1) is 13.8 Å². The molecule has 0 amide bonds. The molecule has 0 saturated heterocycles. The summed E-state index contributed by atoms with van der Waals surface area (Å²) in [4.78, 5) is 15.3. The molecule has 0 spiro atoms. The summed E-state index contributed by atoms with van der Waals surface area (Å²) in [5.41, 5.74) is 5.09. The molecule has 0 unspecified atom stereocenters. The van der Waals surface area contributed by atoms with E-state index in [1.54, 1.807) is 0 Å². The van der Waals surface area contributed by atoms with Crippen molar-refractivity contribution in [1.29, 1.82) is 0 Å². The zero-order valence-corrected chi connectivity index (χ0v) is 18.3. The highest BCUT2D eigenvalue weighted by Crippen LogP contribution is 2.40. The van der Waals surface area contributed by atoms with Crippen molar-refractivity contribution in [2.75, 3.05) is 0 Å². The fourth-order valence-electron chi connectivity index (χ4n) is 3.89. The maximum atomic E-state index is 4.35.